The van der Waals surface area contributed by atoms with Crippen molar-refractivity contribution in [2.45, 2.75) is 39.5 Å². The molecule has 0 saturated carbocycles. The largest absolute Gasteiger partial charge is 0.507 e. The summed E-state index contributed by atoms with van der Waals surface area (Å²) >= 11 is 0. The lowest BCUT2D eigenvalue weighted by Gasteiger charge is -2.25. The third kappa shape index (κ3) is 4.19. The molecular formula is C24H27NO4. The summed E-state index contributed by atoms with van der Waals surface area (Å²) in [6.45, 7) is 6.10. The fraction of sp³-hybridized carbons (Fsp3) is 0.333. The predicted octanol–water partition coefficient (Wildman–Crippen LogP) is 4.97. The van der Waals surface area contributed by atoms with E-state index in [2.05, 4.69) is 18.7 Å². The third-order valence-corrected chi connectivity index (χ3v) is 5.25. The van der Waals surface area contributed by atoms with Crippen molar-refractivity contribution in [1.82, 2.24) is 0 Å². The summed E-state index contributed by atoms with van der Waals surface area (Å²) in [5.41, 5.74) is 1.55. The number of aromatic hydroxyl groups is 2. The summed E-state index contributed by atoms with van der Waals surface area (Å²) in [4.78, 5) is 27.6. The van der Waals surface area contributed by atoms with Crippen molar-refractivity contribution in [3.63, 3.8) is 0 Å². The van der Waals surface area contributed by atoms with Crippen LogP contribution < -0.4 is 4.90 Å². The highest BCUT2D eigenvalue weighted by Crippen LogP contribution is 2.37. The Morgan fingerprint density at radius 3 is 2.17 bits per heavy atom. The average Bonchev–Trinajstić information content (AvgIpc) is 2.71. The first-order chi connectivity index (χ1) is 14.0. The van der Waals surface area contributed by atoms with Crippen LogP contribution in [0.3, 0.4) is 0 Å². The van der Waals surface area contributed by atoms with Crippen LogP contribution in [0.5, 0.6) is 11.5 Å². The van der Waals surface area contributed by atoms with Crippen molar-refractivity contribution < 1.29 is 19.8 Å². The van der Waals surface area contributed by atoms with E-state index < -0.39 is 5.78 Å². The molecule has 0 radical (unpaired) electrons. The summed E-state index contributed by atoms with van der Waals surface area (Å²) < 4.78 is 0. The van der Waals surface area contributed by atoms with E-state index >= 15 is 0 Å². The Balaban J connectivity index is 1.94. The molecule has 152 valence electrons. The van der Waals surface area contributed by atoms with Gasteiger partial charge in [0, 0.05) is 41.5 Å². The molecular weight excluding hydrogens is 366 g/mol. The quantitative estimate of drug-likeness (QED) is 0.662. The third-order valence-electron chi connectivity index (χ3n) is 5.25. The molecule has 0 bridgehead atoms. The van der Waals surface area contributed by atoms with Crippen LogP contribution in [0.15, 0.2) is 42.5 Å². The maximum absolute atomic E-state index is 12.9. The number of hydrogen-bond donors (Lipinski definition) is 2. The van der Waals surface area contributed by atoms with Crippen LogP contribution in [0.1, 0.15) is 65.8 Å². The Hall–Kier alpha value is -3.08. The van der Waals surface area contributed by atoms with Gasteiger partial charge in [-0.25, -0.2) is 0 Å². The fourth-order valence-electron chi connectivity index (χ4n) is 3.61. The maximum atomic E-state index is 12.9. The smallest absolute Gasteiger partial charge is 0.194 e. The van der Waals surface area contributed by atoms with E-state index in [1.807, 2.05) is 6.07 Å². The number of rotatable bonds is 8. The van der Waals surface area contributed by atoms with E-state index in [0.717, 1.165) is 44.5 Å². The molecule has 5 heteroatoms. The van der Waals surface area contributed by atoms with Gasteiger partial charge < -0.3 is 15.1 Å². The molecule has 0 fully saturated rings. The van der Waals surface area contributed by atoms with Crippen molar-refractivity contribution in [2.24, 2.45) is 0 Å². The van der Waals surface area contributed by atoms with Crippen molar-refractivity contribution in [3.8, 4) is 11.5 Å². The molecule has 0 aromatic heterocycles. The van der Waals surface area contributed by atoms with Gasteiger partial charge in [-0.15, -0.1) is 0 Å². The number of phenols is 2. The first kappa shape index (κ1) is 20.6. The number of fused-ring (bicyclic) bond motifs is 1. The number of phenolic OH excluding ortho intramolecular Hbond substituents is 2. The van der Waals surface area contributed by atoms with E-state index in [0.29, 0.717) is 5.56 Å². The molecule has 3 rings (SSSR count). The monoisotopic (exact) mass is 393 g/mol. The van der Waals surface area contributed by atoms with Gasteiger partial charge in [0.1, 0.15) is 11.5 Å². The zero-order valence-corrected chi connectivity index (χ0v) is 16.9. The highest BCUT2D eigenvalue weighted by atomic mass is 16.3. The minimum atomic E-state index is -0.441. The SMILES string of the molecule is CCCCN(CCCC)c1ccc(C2=CC(=O)c3c(O)cccc3C2=O)c(O)c1. The molecule has 0 spiro atoms. The Labute approximate surface area is 171 Å². The highest BCUT2D eigenvalue weighted by molar-refractivity contribution is 6.39. The first-order valence-corrected chi connectivity index (χ1v) is 10.2. The van der Waals surface area contributed by atoms with E-state index in [9.17, 15) is 19.8 Å². The van der Waals surface area contributed by atoms with Gasteiger partial charge in [-0.05, 0) is 37.1 Å². The minimum absolute atomic E-state index is 0.0164. The molecule has 0 heterocycles. The number of carbonyl (C=O) groups excluding carboxylic acids is 2. The Bertz CT molecular complexity index is 953. The van der Waals surface area contributed by atoms with Gasteiger partial charge >= 0.3 is 0 Å². The van der Waals surface area contributed by atoms with E-state index in [1.165, 1.54) is 24.3 Å². The van der Waals surface area contributed by atoms with E-state index in [1.54, 1.807) is 12.1 Å². The van der Waals surface area contributed by atoms with Crippen LogP contribution in [0, 0.1) is 0 Å². The van der Waals surface area contributed by atoms with Gasteiger partial charge in [0.05, 0.1) is 5.56 Å². The molecule has 0 unspecified atom stereocenters. The fourth-order valence-corrected chi connectivity index (χ4v) is 3.61. The van der Waals surface area contributed by atoms with Gasteiger partial charge in [0.2, 0.25) is 0 Å². The second-order valence-electron chi connectivity index (χ2n) is 7.35. The number of anilines is 1. The molecule has 2 N–H and O–H groups in total. The number of benzene rings is 2. The predicted molar refractivity (Wildman–Crippen MR) is 115 cm³/mol. The molecule has 2 aromatic rings. The zero-order valence-electron chi connectivity index (χ0n) is 16.9. The van der Waals surface area contributed by atoms with Crippen LogP contribution >= 0.6 is 0 Å². The summed E-state index contributed by atoms with van der Waals surface area (Å²) in [7, 11) is 0. The zero-order chi connectivity index (χ0) is 21.0. The molecule has 1 aliphatic carbocycles. The van der Waals surface area contributed by atoms with Crippen LogP contribution in [-0.2, 0) is 0 Å². The Kier molecular flexibility index (Phi) is 6.37. The number of unbranched alkanes of at least 4 members (excludes halogenated alkanes) is 2. The van der Waals surface area contributed by atoms with Crippen molar-refractivity contribution in [2.75, 3.05) is 18.0 Å². The van der Waals surface area contributed by atoms with Crippen LogP contribution in [-0.4, -0.2) is 34.9 Å². The van der Waals surface area contributed by atoms with E-state index in [-0.39, 0.29) is 34.0 Å². The average molecular weight is 393 g/mol. The van der Waals surface area contributed by atoms with Crippen molar-refractivity contribution in [1.29, 1.82) is 0 Å². The Morgan fingerprint density at radius 1 is 0.862 bits per heavy atom. The second kappa shape index (κ2) is 8.95. The van der Waals surface area contributed by atoms with Gasteiger partial charge in [-0.3, -0.25) is 9.59 Å². The number of ketones is 2. The van der Waals surface area contributed by atoms with E-state index in [4.69, 9.17) is 0 Å². The molecule has 5 nitrogen and oxygen atoms in total. The van der Waals surface area contributed by atoms with Crippen LogP contribution in [0.25, 0.3) is 5.57 Å². The summed E-state index contributed by atoms with van der Waals surface area (Å²) in [6, 6.07) is 9.68. The number of Topliss-reactive ketones (excluding diaryl/α,β-unsaturated/α-hetero) is 1. The standard InChI is InChI=1S/C24H27NO4/c1-3-5-12-25(13-6-4-2)16-10-11-17(21(27)14-16)19-15-22(28)23-18(24(19)29)8-7-9-20(23)26/h7-11,14-15,26-27H,3-6,12-13H2,1-2H3. The molecule has 29 heavy (non-hydrogen) atoms. The maximum Gasteiger partial charge on any atom is 0.194 e. The summed E-state index contributed by atoms with van der Waals surface area (Å²) in [5.74, 6) is -1.06. The van der Waals surface area contributed by atoms with Crippen LogP contribution in [0.4, 0.5) is 5.69 Å². The first-order valence-electron chi connectivity index (χ1n) is 10.2. The van der Waals surface area contributed by atoms with Crippen molar-refractivity contribution in [3.05, 3.63) is 59.2 Å². The lowest BCUT2D eigenvalue weighted by atomic mass is 9.85. The minimum Gasteiger partial charge on any atom is -0.507 e. The number of carbonyl (C=O) groups is 2. The normalized spacial score (nSPS) is 13.2. The lowest BCUT2D eigenvalue weighted by molar-refractivity contribution is 0.0999. The molecule has 0 aliphatic heterocycles. The molecule has 0 amide bonds. The lowest BCUT2D eigenvalue weighted by Crippen LogP contribution is -2.25. The van der Waals surface area contributed by atoms with Crippen LogP contribution in [0.2, 0.25) is 0 Å². The second-order valence-corrected chi connectivity index (χ2v) is 7.35. The van der Waals surface area contributed by atoms with Gasteiger partial charge in [-0.2, -0.15) is 0 Å². The molecule has 2 aromatic carbocycles. The highest BCUT2D eigenvalue weighted by Gasteiger charge is 2.30. The number of hydrogen-bond acceptors (Lipinski definition) is 5. The van der Waals surface area contributed by atoms with Gasteiger partial charge in [0.15, 0.2) is 11.6 Å². The topological polar surface area (TPSA) is 77.8 Å². The summed E-state index contributed by atoms with van der Waals surface area (Å²) in [5, 5.41) is 20.6. The molecule has 0 atom stereocenters. The molecule has 0 saturated heterocycles. The number of allylic oxidation sites excluding steroid dienone is 2. The Morgan fingerprint density at radius 2 is 1.55 bits per heavy atom. The van der Waals surface area contributed by atoms with Gasteiger partial charge in [0.25, 0.3) is 0 Å². The molecule has 1 aliphatic rings. The van der Waals surface area contributed by atoms with Gasteiger partial charge in [-0.1, -0.05) is 38.8 Å². The van der Waals surface area contributed by atoms with Crippen molar-refractivity contribution >= 4 is 22.8 Å². The number of nitrogens with zero attached hydrogens (tertiary/aromatic N) is 1. The summed E-state index contributed by atoms with van der Waals surface area (Å²) in [6.07, 6.45) is 5.49.